The molecule has 0 aromatic heterocycles. The molecule has 30 heavy (non-hydrogen) atoms. The maximum atomic E-state index is 13.6. The molecule has 0 bridgehead atoms. The lowest BCUT2D eigenvalue weighted by Crippen LogP contribution is -2.64. The number of carbonyl (C=O) groups is 1. The van der Waals surface area contributed by atoms with E-state index in [9.17, 15) is 13.6 Å². The molecule has 0 spiro atoms. The molecule has 4 rings (SSSR count). The second-order valence-electron chi connectivity index (χ2n) is 7.79. The highest BCUT2D eigenvalue weighted by Crippen LogP contribution is 2.36. The van der Waals surface area contributed by atoms with Gasteiger partial charge in [-0.05, 0) is 35.7 Å². The van der Waals surface area contributed by atoms with Crippen LogP contribution in [0.15, 0.2) is 42.5 Å². The summed E-state index contributed by atoms with van der Waals surface area (Å²) in [4.78, 5) is 15.8. The van der Waals surface area contributed by atoms with Crippen molar-refractivity contribution < 1.29 is 13.6 Å². The Morgan fingerprint density at radius 2 is 1.57 bits per heavy atom. The van der Waals surface area contributed by atoms with Crippen molar-refractivity contribution in [3.05, 3.63) is 70.8 Å². The Hall–Kier alpha value is -1.73. The molecule has 2 aromatic carbocycles. The molecule has 1 heterocycles. The molecule has 4 nitrogen and oxygen atoms in total. The highest BCUT2D eigenvalue weighted by Gasteiger charge is 2.48. The lowest BCUT2D eigenvalue weighted by Gasteiger charge is -2.42. The number of nitrogens with zero attached hydrogens (tertiary/aromatic N) is 1. The lowest BCUT2D eigenvalue weighted by atomic mass is 9.90. The number of amides is 1. The Balaban J connectivity index is 0.00000160. The predicted molar refractivity (Wildman–Crippen MR) is 118 cm³/mol. The first-order valence-corrected chi connectivity index (χ1v) is 9.77. The van der Waals surface area contributed by atoms with E-state index in [1.807, 2.05) is 12.1 Å². The number of hydrogen-bond acceptors (Lipinski definition) is 3. The van der Waals surface area contributed by atoms with Gasteiger partial charge in [0.25, 0.3) is 0 Å². The smallest absolute Gasteiger partial charge is 0.241 e. The number of fused-ring (bicyclic) bond motifs is 1. The van der Waals surface area contributed by atoms with Crippen molar-refractivity contribution >= 4 is 30.7 Å². The van der Waals surface area contributed by atoms with Crippen LogP contribution in [0.25, 0.3) is 0 Å². The molecular weight excluding hydrogens is 431 g/mol. The molecule has 0 saturated carbocycles. The predicted octanol–water partition coefficient (Wildman–Crippen LogP) is 3.43. The molecular formula is C22H27Cl2F2N3O. The molecule has 1 atom stereocenters. The van der Waals surface area contributed by atoms with Crippen molar-refractivity contribution in [3.8, 4) is 0 Å². The summed E-state index contributed by atoms with van der Waals surface area (Å²) in [7, 11) is 0. The zero-order chi connectivity index (χ0) is 19.7. The zero-order valence-corrected chi connectivity index (χ0v) is 18.4. The van der Waals surface area contributed by atoms with Gasteiger partial charge in [0.05, 0.1) is 6.04 Å². The first-order chi connectivity index (χ1) is 13.5. The summed E-state index contributed by atoms with van der Waals surface area (Å²) in [5, 5.41) is 6.37. The van der Waals surface area contributed by atoms with E-state index in [4.69, 9.17) is 0 Å². The van der Waals surface area contributed by atoms with Crippen LogP contribution >= 0.6 is 24.8 Å². The van der Waals surface area contributed by atoms with E-state index in [0.29, 0.717) is 18.4 Å². The van der Waals surface area contributed by atoms with Crippen molar-refractivity contribution in [3.63, 3.8) is 0 Å². The number of nitrogens with one attached hydrogen (secondary N) is 2. The van der Waals surface area contributed by atoms with Gasteiger partial charge in [0.1, 0.15) is 17.2 Å². The van der Waals surface area contributed by atoms with E-state index >= 15 is 0 Å². The van der Waals surface area contributed by atoms with E-state index in [0.717, 1.165) is 32.2 Å². The molecule has 1 amide bonds. The van der Waals surface area contributed by atoms with Crippen LogP contribution in [0.2, 0.25) is 0 Å². The maximum Gasteiger partial charge on any atom is 0.241 e. The van der Waals surface area contributed by atoms with Gasteiger partial charge >= 0.3 is 0 Å². The third-order valence-electron chi connectivity index (χ3n) is 5.96. The van der Waals surface area contributed by atoms with Gasteiger partial charge in [-0.15, -0.1) is 24.8 Å². The standard InChI is InChI=1S/C22H25F2N3O.2ClH/c1-15(18-10-19(23)12-20(24)11-18)26-21(28)22(27-8-6-25-7-9-27)13-16-4-2-3-5-17(16)14-22;;/h2-5,10-12,15,25H,6-9,13-14H2,1H3,(H,26,28);2*1H. The molecule has 2 N–H and O–H groups in total. The van der Waals surface area contributed by atoms with Crippen LogP contribution in [-0.4, -0.2) is 42.5 Å². The Kier molecular flexibility index (Phi) is 8.22. The average molecular weight is 458 g/mol. The van der Waals surface area contributed by atoms with Crippen LogP contribution in [0.1, 0.15) is 29.7 Å². The van der Waals surface area contributed by atoms with Crippen LogP contribution < -0.4 is 10.6 Å². The Labute approximate surface area is 188 Å². The van der Waals surface area contributed by atoms with E-state index < -0.39 is 23.2 Å². The highest BCUT2D eigenvalue weighted by atomic mass is 35.5. The lowest BCUT2D eigenvalue weighted by molar-refractivity contribution is -0.134. The van der Waals surface area contributed by atoms with Crippen LogP contribution in [0, 0.1) is 11.6 Å². The zero-order valence-electron chi connectivity index (χ0n) is 16.8. The summed E-state index contributed by atoms with van der Waals surface area (Å²) >= 11 is 0. The number of benzene rings is 2. The van der Waals surface area contributed by atoms with Gasteiger partial charge in [0, 0.05) is 45.1 Å². The summed E-state index contributed by atoms with van der Waals surface area (Å²) in [6, 6.07) is 11.1. The first kappa shape index (κ1) is 24.5. The highest BCUT2D eigenvalue weighted by molar-refractivity contribution is 5.88. The van der Waals surface area contributed by atoms with Gasteiger partial charge in [0.15, 0.2) is 0 Å². The quantitative estimate of drug-likeness (QED) is 0.738. The molecule has 2 aromatic rings. The van der Waals surface area contributed by atoms with E-state index in [1.54, 1.807) is 6.92 Å². The summed E-state index contributed by atoms with van der Waals surface area (Å²) in [6.07, 6.45) is 1.30. The van der Waals surface area contributed by atoms with Crippen molar-refractivity contribution in [1.82, 2.24) is 15.5 Å². The third kappa shape index (κ3) is 4.78. The summed E-state index contributed by atoms with van der Waals surface area (Å²) in [5.74, 6) is -1.36. The molecule has 1 aliphatic carbocycles. The summed E-state index contributed by atoms with van der Waals surface area (Å²) in [5.41, 5.74) is 2.16. The SMILES string of the molecule is CC(NC(=O)C1(N2CCNCC2)Cc2ccccc2C1)c1cc(F)cc(F)c1.Cl.Cl. The summed E-state index contributed by atoms with van der Waals surface area (Å²) in [6.45, 7) is 5.04. The Morgan fingerprint density at radius 3 is 2.10 bits per heavy atom. The fraction of sp³-hybridized carbons (Fsp3) is 0.409. The second-order valence-corrected chi connectivity index (χ2v) is 7.79. The van der Waals surface area contributed by atoms with E-state index in [-0.39, 0.29) is 30.7 Å². The largest absolute Gasteiger partial charge is 0.348 e. The molecule has 164 valence electrons. The monoisotopic (exact) mass is 457 g/mol. The number of piperazine rings is 1. The fourth-order valence-corrected chi connectivity index (χ4v) is 4.46. The van der Waals surface area contributed by atoms with Gasteiger partial charge in [0.2, 0.25) is 5.91 Å². The molecule has 0 radical (unpaired) electrons. The minimum Gasteiger partial charge on any atom is -0.348 e. The van der Waals surface area contributed by atoms with E-state index in [2.05, 4.69) is 27.7 Å². The molecule has 1 fully saturated rings. The molecule has 1 unspecified atom stereocenters. The fourth-order valence-electron chi connectivity index (χ4n) is 4.46. The van der Waals surface area contributed by atoms with Crippen LogP contribution in [0.4, 0.5) is 8.78 Å². The first-order valence-electron chi connectivity index (χ1n) is 9.77. The van der Waals surface area contributed by atoms with Crippen molar-refractivity contribution in [2.45, 2.75) is 31.3 Å². The van der Waals surface area contributed by atoms with Crippen molar-refractivity contribution in [2.24, 2.45) is 0 Å². The van der Waals surface area contributed by atoms with Gasteiger partial charge in [-0.2, -0.15) is 0 Å². The van der Waals surface area contributed by atoms with Gasteiger partial charge in [-0.25, -0.2) is 8.78 Å². The summed E-state index contributed by atoms with van der Waals surface area (Å²) < 4.78 is 27.2. The number of hydrogen-bond donors (Lipinski definition) is 2. The third-order valence-corrected chi connectivity index (χ3v) is 5.96. The van der Waals surface area contributed by atoms with Gasteiger partial charge in [-0.3, -0.25) is 9.69 Å². The number of halogens is 4. The second kappa shape index (κ2) is 10.1. The van der Waals surface area contributed by atoms with Crippen LogP contribution in [0.3, 0.4) is 0 Å². The normalized spacial score (nSPS) is 18.5. The average Bonchev–Trinajstić information content (AvgIpc) is 3.09. The molecule has 1 aliphatic heterocycles. The number of carbonyl (C=O) groups excluding carboxylic acids is 1. The Bertz CT molecular complexity index is 845. The van der Waals surface area contributed by atoms with Crippen molar-refractivity contribution in [1.29, 1.82) is 0 Å². The van der Waals surface area contributed by atoms with Crippen LogP contribution in [0.5, 0.6) is 0 Å². The van der Waals surface area contributed by atoms with Crippen molar-refractivity contribution in [2.75, 3.05) is 26.2 Å². The minimum atomic E-state index is -0.661. The van der Waals surface area contributed by atoms with Gasteiger partial charge in [-0.1, -0.05) is 24.3 Å². The minimum absolute atomic E-state index is 0. The van der Waals surface area contributed by atoms with Gasteiger partial charge < -0.3 is 10.6 Å². The molecule has 2 aliphatic rings. The number of rotatable bonds is 4. The maximum absolute atomic E-state index is 13.6. The van der Waals surface area contributed by atoms with Crippen LogP contribution in [-0.2, 0) is 17.6 Å². The van der Waals surface area contributed by atoms with E-state index in [1.165, 1.54) is 23.3 Å². The Morgan fingerprint density at radius 1 is 1.03 bits per heavy atom. The molecule has 1 saturated heterocycles. The molecule has 8 heteroatoms. The topological polar surface area (TPSA) is 44.4 Å².